The van der Waals surface area contributed by atoms with E-state index in [1.165, 1.54) is 38.1 Å². The molecule has 2 aliphatic rings. The molecule has 7 atom stereocenters. The number of halogens is 4. The van der Waals surface area contributed by atoms with Crippen molar-refractivity contribution in [1.29, 1.82) is 0 Å². The van der Waals surface area contributed by atoms with E-state index in [0.29, 0.717) is 13.0 Å². The Bertz CT molecular complexity index is 1430. The molecule has 1 aromatic heterocycles. The van der Waals surface area contributed by atoms with E-state index >= 15 is 0 Å². The standard InChI is InChI=1S/C27H29F4N5O7/c1-10-21(38)14(9-13-17(28)18(29)23(31)36-22(13)30)33-26(41)19(34-25(40)12-5-3-4-6-15(12)37)11(2)32-27(42)20(35-24(10)39)16-7-8-43-16/h3-6,10-11,14,16,19-21,37-38H,7-9H2,1-2H3,(H,32,42)(H,33,41)(H,34,40)(H,35,39). The predicted molar refractivity (Wildman–Crippen MR) is 138 cm³/mol. The number of para-hydroxylation sites is 1. The number of aliphatic hydroxyl groups excluding tert-OH is 1. The van der Waals surface area contributed by atoms with Crippen LogP contribution in [0.15, 0.2) is 24.3 Å². The SMILES string of the molecule is CC1NC(=O)C(C2CCO2)NC(=O)C(C)C(O)C(Cc2c(F)nc(F)c(F)c2F)NC(=O)C1NC(=O)c1ccccc1O. The second-order valence-corrected chi connectivity index (χ2v) is 10.3. The molecule has 0 radical (unpaired) electrons. The van der Waals surface area contributed by atoms with Crippen LogP contribution in [0.3, 0.4) is 0 Å². The maximum atomic E-state index is 14.6. The topological polar surface area (TPSA) is 179 Å². The third kappa shape index (κ3) is 6.69. The molecule has 4 amide bonds. The van der Waals surface area contributed by atoms with Crippen molar-refractivity contribution in [3.8, 4) is 5.75 Å². The summed E-state index contributed by atoms with van der Waals surface area (Å²) in [4.78, 5) is 55.6. The largest absolute Gasteiger partial charge is 0.507 e. The van der Waals surface area contributed by atoms with E-state index in [9.17, 15) is 47.0 Å². The minimum Gasteiger partial charge on any atom is -0.507 e. The Morgan fingerprint density at radius 3 is 2.30 bits per heavy atom. The molecule has 7 unspecified atom stereocenters. The third-order valence-corrected chi connectivity index (χ3v) is 7.45. The van der Waals surface area contributed by atoms with Crippen LogP contribution in [0.2, 0.25) is 0 Å². The molecule has 16 heteroatoms. The minimum absolute atomic E-state index is 0.227. The van der Waals surface area contributed by atoms with Gasteiger partial charge in [0, 0.05) is 18.6 Å². The molecule has 2 aromatic rings. The van der Waals surface area contributed by atoms with Gasteiger partial charge in [-0.1, -0.05) is 19.1 Å². The molecule has 43 heavy (non-hydrogen) atoms. The fourth-order valence-electron chi connectivity index (χ4n) is 4.77. The molecule has 2 saturated heterocycles. The lowest BCUT2D eigenvalue weighted by atomic mass is 9.90. The molecule has 6 N–H and O–H groups in total. The number of rotatable bonds is 5. The van der Waals surface area contributed by atoms with Crippen LogP contribution >= 0.6 is 0 Å². The van der Waals surface area contributed by atoms with Gasteiger partial charge in [-0.25, -0.2) is 4.39 Å². The molecule has 3 heterocycles. The molecule has 0 aliphatic carbocycles. The Morgan fingerprint density at radius 2 is 1.67 bits per heavy atom. The summed E-state index contributed by atoms with van der Waals surface area (Å²) in [7, 11) is 0. The van der Waals surface area contributed by atoms with Gasteiger partial charge in [-0.05, 0) is 25.5 Å². The Kier molecular flexibility index (Phi) is 9.49. The number of pyridine rings is 1. The Hall–Kier alpha value is -4.31. The van der Waals surface area contributed by atoms with Crippen LogP contribution in [0.25, 0.3) is 0 Å². The van der Waals surface area contributed by atoms with E-state index in [2.05, 4.69) is 26.3 Å². The first-order chi connectivity index (χ1) is 20.3. The molecule has 0 bridgehead atoms. The number of nitrogens with zero attached hydrogens (tertiary/aromatic N) is 1. The average Bonchev–Trinajstić information content (AvgIpc) is 2.93. The average molecular weight is 612 g/mol. The number of nitrogens with one attached hydrogen (secondary N) is 4. The van der Waals surface area contributed by atoms with Gasteiger partial charge in [0.15, 0.2) is 5.82 Å². The summed E-state index contributed by atoms with van der Waals surface area (Å²) in [6, 6.07) is -0.469. The maximum Gasteiger partial charge on any atom is 0.255 e. The zero-order chi connectivity index (χ0) is 31.6. The first-order valence-corrected chi connectivity index (χ1v) is 13.3. The summed E-state index contributed by atoms with van der Waals surface area (Å²) >= 11 is 0. The van der Waals surface area contributed by atoms with Gasteiger partial charge < -0.3 is 36.2 Å². The van der Waals surface area contributed by atoms with E-state index in [-0.39, 0.29) is 5.56 Å². The van der Waals surface area contributed by atoms with Crippen molar-refractivity contribution in [1.82, 2.24) is 26.3 Å². The molecule has 1 aromatic carbocycles. The van der Waals surface area contributed by atoms with E-state index < -0.39 is 107 Å². The lowest BCUT2D eigenvalue weighted by Gasteiger charge is -2.37. The lowest BCUT2D eigenvalue weighted by molar-refractivity contribution is -0.144. The van der Waals surface area contributed by atoms with E-state index in [0.717, 1.165) is 0 Å². The fraction of sp³-hybridized carbons (Fsp3) is 0.444. The number of aromatic hydroxyl groups is 1. The van der Waals surface area contributed by atoms with Crippen LogP contribution in [0.1, 0.15) is 36.2 Å². The number of hydrogen-bond acceptors (Lipinski definition) is 8. The summed E-state index contributed by atoms with van der Waals surface area (Å²) in [6.45, 7) is 2.85. The first kappa shape index (κ1) is 31.6. The number of carbonyl (C=O) groups is 4. The number of benzene rings is 1. The highest BCUT2D eigenvalue weighted by molar-refractivity contribution is 6.00. The Labute approximate surface area is 242 Å². The summed E-state index contributed by atoms with van der Waals surface area (Å²) < 4.78 is 61.8. The van der Waals surface area contributed by atoms with Crippen molar-refractivity contribution in [2.45, 2.75) is 63.1 Å². The molecule has 2 fully saturated rings. The first-order valence-electron chi connectivity index (χ1n) is 13.3. The number of amides is 4. The lowest BCUT2D eigenvalue weighted by Crippen LogP contribution is -2.66. The number of ether oxygens (including phenoxy) is 1. The summed E-state index contributed by atoms with van der Waals surface area (Å²) in [6.07, 6.45) is -3.27. The molecule has 0 spiro atoms. The molecule has 0 saturated carbocycles. The van der Waals surface area contributed by atoms with Gasteiger partial charge in [0.05, 0.1) is 35.8 Å². The third-order valence-electron chi connectivity index (χ3n) is 7.45. The fourth-order valence-corrected chi connectivity index (χ4v) is 4.77. The highest BCUT2D eigenvalue weighted by Crippen LogP contribution is 2.23. The van der Waals surface area contributed by atoms with Gasteiger partial charge in [-0.3, -0.25) is 19.2 Å². The van der Waals surface area contributed by atoms with E-state index in [4.69, 9.17) is 4.74 Å². The smallest absolute Gasteiger partial charge is 0.255 e. The predicted octanol–water partition coefficient (Wildman–Crippen LogP) is -0.0415. The van der Waals surface area contributed by atoms with Crippen LogP contribution in [0.4, 0.5) is 17.6 Å². The second kappa shape index (κ2) is 12.9. The van der Waals surface area contributed by atoms with Crippen LogP contribution < -0.4 is 21.3 Å². The van der Waals surface area contributed by atoms with Gasteiger partial charge in [0.1, 0.15) is 17.8 Å². The number of aromatic nitrogens is 1. The van der Waals surface area contributed by atoms with Crippen molar-refractivity contribution in [2.75, 3.05) is 6.61 Å². The van der Waals surface area contributed by atoms with Crippen molar-refractivity contribution >= 4 is 23.6 Å². The van der Waals surface area contributed by atoms with Gasteiger partial charge in [0.25, 0.3) is 11.9 Å². The van der Waals surface area contributed by atoms with Crippen LogP contribution in [0, 0.1) is 29.4 Å². The summed E-state index contributed by atoms with van der Waals surface area (Å²) in [5.74, 6) is -13.4. The maximum absolute atomic E-state index is 14.6. The molecule has 4 rings (SSSR count). The quantitative estimate of drug-likeness (QED) is 0.201. The molecule has 12 nitrogen and oxygen atoms in total. The van der Waals surface area contributed by atoms with Crippen molar-refractivity contribution in [2.24, 2.45) is 5.92 Å². The highest BCUT2D eigenvalue weighted by atomic mass is 19.2. The highest BCUT2D eigenvalue weighted by Gasteiger charge is 2.42. The van der Waals surface area contributed by atoms with Gasteiger partial charge in [-0.15, -0.1) is 0 Å². The zero-order valence-corrected chi connectivity index (χ0v) is 22.9. The molecular weight excluding hydrogens is 582 g/mol. The van der Waals surface area contributed by atoms with E-state index in [1.54, 1.807) is 0 Å². The summed E-state index contributed by atoms with van der Waals surface area (Å²) in [5, 5.41) is 30.9. The number of hydrogen-bond donors (Lipinski definition) is 6. The number of phenolic OH excluding ortho intramolecular Hbond substituents is 1. The van der Waals surface area contributed by atoms with Gasteiger partial charge >= 0.3 is 0 Å². The van der Waals surface area contributed by atoms with Crippen molar-refractivity contribution in [3.05, 3.63) is 58.9 Å². The van der Waals surface area contributed by atoms with Crippen LogP contribution in [-0.4, -0.2) is 81.8 Å². The monoisotopic (exact) mass is 611 g/mol. The molecular formula is C27H29F4N5O7. The van der Waals surface area contributed by atoms with Gasteiger partial charge in [-0.2, -0.15) is 18.2 Å². The van der Waals surface area contributed by atoms with Crippen molar-refractivity contribution in [3.63, 3.8) is 0 Å². The van der Waals surface area contributed by atoms with E-state index in [1.807, 2.05) is 0 Å². The molecule has 232 valence electrons. The van der Waals surface area contributed by atoms with Crippen molar-refractivity contribution < 1.29 is 51.7 Å². The Morgan fingerprint density at radius 1 is 1.00 bits per heavy atom. The number of carbonyl (C=O) groups excluding carboxylic acids is 4. The van der Waals surface area contributed by atoms with Gasteiger partial charge in [0.2, 0.25) is 29.5 Å². The summed E-state index contributed by atoms with van der Waals surface area (Å²) in [5.41, 5.74) is -1.35. The number of aliphatic hydroxyl groups is 1. The molecule has 2 aliphatic heterocycles. The zero-order valence-electron chi connectivity index (χ0n) is 22.9. The Balaban J connectivity index is 1.73. The second-order valence-electron chi connectivity index (χ2n) is 10.3. The normalized spacial score (nSPS) is 28.3. The van der Waals surface area contributed by atoms with Crippen LogP contribution in [-0.2, 0) is 25.5 Å². The minimum atomic E-state index is -2.09. The van der Waals surface area contributed by atoms with Crippen LogP contribution in [0.5, 0.6) is 5.75 Å². The number of phenols is 1.